The molecule has 0 aromatic rings. The van der Waals surface area contributed by atoms with Crippen molar-refractivity contribution in [3.8, 4) is 0 Å². The Balaban J connectivity index is 2.42. The third-order valence-corrected chi connectivity index (χ3v) is 4.68. The highest BCUT2D eigenvalue weighted by molar-refractivity contribution is 7.89. The minimum atomic E-state index is -3.35. The molecule has 0 aliphatic carbocycles. The fraction of sp³-hybridized carbons (Fsp3) is 0.900. The number of methoxy groups -OCH3 is 1. The summed E-state index contributed by atoms with van der Waals surface area (Å²) < 4.78 is 34.7. The van der Waals surface area contributed by atoms with Gasteiger partial charge in [0.2, 0.25) is 10.0 Å². The molecule has 0 bridgehead atoms. The van der Waals surface area contributed by atoms with Gasteiger partial charge in [-0.05, 0) is 12.8 Å². The number of carbonyl (C=O) groups excluding carboxylic acids is 1. The zero-order valence-electron chi connectivity index (χ0n) is 10.2. The lowest BCUT2D eigenvalue weighted by Gasteiger charge is -2.18. The van der Waals surface area contributed by atoms with E-state index < -0.39 is 16.0 Å². The SMILES string of the molecule is COC(=O)CCN(C)S(=O)(=O)CC1CCCO1. The van der Waals surface area contributed by atoms with Crippen LogP contribution < -0.4 is 0 Å². The van der Waals surface area contributed by atoms with Gasteiger partial charge in [0.1, 0.15) is 0 Å². The first-order chi connectivity index (χ1) is 7.95. The summed E-state index contributed by atoms with van der Waals surface area (Å²) in [4.78, 5) is 10.9. The smallest absolute Gasteiger partial charge is 0.306 e. The normalized spacial score (nSPS) is 20.8. The largest absolute Gasteiger partial charge is 0.469 e. The van der Waals surface area contributed by atoms with Crippen molar-refractivity contribution in [2.45, 2.75) is 25.4 Å². The average Bonchev–Trinajstić information content (AvgIpc) is 2.77. The van der Waals surface area contributed by atoms with Crippen LogP contribution in [0.4, 0.5) is 0 Å². The summed E-state index contributed by atoms with van der Waals surface area (Å²) in [7, 11) is -0.601. The van der Waals surface area contributed by atoms with Gasteiger partial charge in [-0.2, -0.15) is 0 Å². The second kappa shape index (κ2) is 6.32. The van der Waals surface area contributed by atoms with Crippen molar-refractivity contribution in [2.75, 3.05) is 33.1 Å². The van der Waals surface area contributed by atoms with Crippen LogP contribution in [0.2, 0.25) is 0 Å². The van der Waals surface area contributed by atoms with E-state index in [1.54, 1.807) is 0 Å². The van der Waals surface area contributed by atoms with Crippen molar-refractivity contribution in [3.63, 3.8) is 0 Å². The van der Waals surface area contributed by atoms with Gasteiger partial charge < -0.3 is 9.47 Å². The van der Waals surface area contributed by atoms with Gasteiger partial charge in [0.05, 0.1) is 25.4 Å². The lowest BCUT2D eigenvalue weighted by Crippen LogP contribution is -2.35. The van der Waals surface area contributed by atoms with E-state index >= 15 is 0 Å². The van der Waals surface area contributed by atoms with Gasteiger partial charge in [0.25, 0.3) is 0 Å². The van der Waals surface area contributed by atoms with E-state index in [4.69, 9.17) is 4.74 Å². The third-order valence-electron chi connectivity index (χ3n) is 2.75. The third kappa shape index (κ3) is 4.61. The number of rotatable bonds is 6. The maximum absolute atomic E-state index is 11.9. The van der Waals surface area contributed by atoms with Crippen molar-refractivity contribution in [1.82, 2.24) is 4.31 Å². The molecule has 1 atom stereocenters. The molecule has 0 aromatic carbocycles. The van der Waals surface area contributed by atoms with Crippen molar-refractivity contribution < 1.29 is 22.7 Å². The standard InChI is InChI=1S/C10H19NO5S/c1-11(6-5-10(12)15-2)17(13,14)8-9-4-3-7-16-9/h9H,3-8H2,1-2H3. The number of nitrogens with zero attached hydrogens (tertiary/aromatic N) is 1. The number of sulfonamides is 1. The summed E-state index contributed by atoms with van der Waals surface area (Å²) >= 11 is 0. The molecule has 0 radical (unpaired) electrons. The molecule has 0 amide bonds. The van der Waals surface area contributed by atoms with E-state index in [9.17, 15) is 13.2 Å². The van der Waals surface area contributed by atoms with Gasteiger partial charge in [-0.3, -0.25) is 4.79 Å². The summed E-state index contributed by atoms with van der Waals surface area (Å²) in [6.45, 7) is 0.772. The molecule has 1 unspecified atom stereocenters. The van der Waals surface area contributed by atoms with Gasteiger partial charge in [-0.25, -0.2) is 12.7 Å². The first-order valence-electron chi connectivity index (χ1n) is 5.58. The Kier molecular flexibility index (Phi) is 5.35. The zero-order valence-corrected chi connectivity index (χ0v) is 11.0. The molecule has 1 aliphatic heterocycles. The first kappa shape index (κ1) is 14.4. The van der Waals surface area contributed by atoms with Crippen molar-refractivity contribution in [2.24, 2.45) is 0 Å². The first-order valence-corrected chi connectivity index (χ1v) is 7.19. The molecule has 0 spiro atoms. The lowest BCUT2D eigenvalue weighted by molar-refractivity contribution is -0.140. The van der Waals surface area contributed by atoms with Crippen LogP contribution in [0.5, 0.6) is 0 Å². The predicted molar refractivity (Wildman–Crippen MR) is 62.0 cm³/mol. The minimum Gasteiger partial charge on any atom is -0.469 e. The molecule has 17 heavy (non-hydrogen) atoms. The topological polar surface area (TPSA) is 72.9 Å². The number of hydrogen-bond donors (Lipinski definition) is 0. The highest BCUT2D eigenvalue weighted by Crippen LogP contribution is 2.15. The summed E-state index contributed by atoms with van der Waals surface area (Å²) in [5, 5.41) is 0. The van der Waals surface area contributed by atoms with E-state index in [2.05, 4.69) is 4.74 Å². The Morgan fingerprint density at radius 3 is 2.76 bits per heavy atom. The van der Waals surface area contributed by atoms with Gasteiger partial charge in [0, 0.05) is 20.2 Å². The van der Waals surface area contributed by atoms with E-state index in [0.29, 0.717) is 6.61 Å². The summed E-state index contributed by atoms with van der Waals surface area (Å²) in [6.07, 6.45) is 1.55. The molecular formula is C10H19NO5S. The Bertz CT molecular complexity index is 348. The quantitative estimate of drug-likeness (QED) is 0.632. The highest BCUT2D eigenvalue weighted by Gasteiger charge is 2.26. The molecule has 0 aromatic heterocycles. The number of hydrogen-bond acceptors (Lipinski definition) is 5. The Labute approximate surface area is 102 Å². The van der Waals surface area contributed by atoms with Crippen LogP contribution in [0.25, 0.3) is 0 Å². The lowest BCUT2D eigenvalue weighted by atomic mass is 10.3. The van der Waals surface area contributed by atoms with E-state index in [1.165, 1.54) is 18.5 Å². The van der Waals surface area contributed by atoms with Gasteiger partial charge in [-0.15, -0.1) is 0 Å². The van der Waals surface area contributed by atoms with Crippen molar-refractivity contribution >= 4 is 16.0 Å². The summed E-state index contributed by atoms with van der Waals surface area (Å²) in [5.74, 6) is -0.422. The number of carbonyl (C=O) groups is 1. The number of esters is 1. The fourth-order valence-corrected chi connectivity index (χ4v) is 2.98. The van der Waals surface area contributed by atoms with Crippen LogP contribution in [0.3, 0.4) is 0 Å². The Morgan fingerprint density at radius 1 is 1.53 bits per heavy atom. The maximum atomic E-state index is 11.9. The summed E-state index contributed by atoms with van der Waals surface area (Å²) in [5.41, 5.74) is 0. The van der Waals surface area contributed by atoms with Gasteiger partial charge in [0.15, 0.2) is 0 Å². The second-order valence-electron chi connectivity index (χ2n) is 4.06. The van der Waals surface area contributed by atoms with Crippen LogP contribution in [0.1, 0.15) is 19.3 Å². The molecule has 0 N–H and O–H groups in total. The molecular weight excluding hydrogens is 246 g/mol. The van der Waals surface area contributed by atoms with Gasteiger partial charge >= 0.3 is 5.97 Å². The maximum Gasteiger partial charge on any atom is 0.306 e. The molecule has 1 fully saturated rings. The fourth-order valence-electron chi connectivity index (χ4n) is 1.63. The molecule has 7 heteroatoms. The van der Waals surface area contributed by atoms with Crippen LogP contribution >= 0.6 is 0 Å². The molecule has 1 rings (SSSR count). The van der Waals surface area contributed by atoms with Crippen molar-refractivity contribution in [1.29, 1.82) is 0 Å². The molecule has 6 nitrogen and oxygen atoms in total. The second-order valence-corrected chi connectivity index (χ2v) is 6.18. The number of ether oxygens (including phenoxy) is 2. The van der Waals surface area contributed by atoms with Gasteiger partial charge in [-0.1, -0.05) is 0 Å². The molecule has 1 heterocycles. The average molecular weight is 265 g/mol. The van der Waals surface area contributed by atoms with E-state index in [0.717, 1.165) is 12.8 Å². The minimum absolute atomic E-state index is 0.00925. The van der Waals surface area contributed by atoms with E-state index in [1.807, 2.05) is 0 Å². The molecule has 0 saturated carbocycles. The van der Waals surface area contributed by atoms with Crippen molar-refractivity contribution in [3.05, 3.63) is 0 Å². The summed E-state index contributed by atoms with van der Waals surface area (Å²) in [6, 6.07) is 0. The Morgan fingerprint density at radius 2 is 2.24 bits per heavy atom. The van der Waals surface area contributed by atoms with Crippen LogP contribution in [0.15, 0.2) is 0 Å². The zero-order chi connectivity index (χ0) is 12.9. The van der Waals surface area contributed by atoms with Crippen LogP contribution in [0, 0.1) is 0 Å². The monoisotopic (exact) mass is 265 g/mol. The van der Waals surface area contributed by atoms with Crippen LogP contribution in [-0.2, 0) is 24.3 Å². The van der Waals surface area contributed by atoms with Crippen LogP contribution in [-0.4, -0.2) is 57.9 Å². The highest BCUT2D eigenvalue weighted by atomic mass is 32.2. The van der Waals surface area contributed by atoms with E-state index in [-0.39, 0.29) is 24.8 Å². The predicted octanol–water partition coefficient (Wildman–Crippen LogP) is -0.00990. The molecule has 100 valence electrons. The molecule has 1 aliphatic rings. The molecule has 1 saturated heterocycles. The Hall–Kier alpha value is -0.660.